The number of benzene rings is 1. The zero-order valence-corrected chi connectivity index (χ0v) is 18.6. The first-order valence-corrected chi connectivity index (χ1v) is 11.0. The van der Waals surface area contributed by atoms with E-state index < -0.39 is 18.3 Å². The van der Waals surface area contributed by atoms with Gasteiger partial charge in [0.05, 0.1) is 6.04 Å². The van der Waals surface area contributed by atoms with E-state index in [4.69, 9.17) is 4.98 Å². The molecule has 2 atom stereocenters. The number of pyridine rings is 1. The molecule has 1 aliphatic rings. The van der Waals surface area contributed by atoms with Gasteiger partial charge >= 0.3 is 6.18 Å². The molecule has 1 fully saturated rings. The van der Waals surface area contributed by atoms with E-state index in [1.165, 1.54) is 28.7 Å². The molecule has 3 heterocycles. The van der Waals surface area contributed by atoms with E-state index in [2.05, 4.69) is 10.2 Å². The Kier molecular flexibility index (Phi) is 6.34. The van der Waals surface area contributed by atoms with Crippen molar-refractivity contribution < 1.29 is 18.3 Å². The summed E-state index contributed by atoms with van der Waals surface area (Å²) in [5, 5.41) is 12.9. The van der Waals surface area contributed by atoms with Gasteiger partial charge in [0.2, 0.25) is 0 Å². The Bertz CT molecular complexity index is 1200. The SMILES string of the molecule is Cc1cc(C(C)Nc2ccccc2C(O)C(F)(F)F)c2nc(N3CCCCC3)cc(=O)n2c1. The Balaban J connectivity index is 1.75. The number of hydrogen-bond donors (Lipinski definition) is 2. The normalized spacial score (nSPS) is 16.6. The number of anilines is 2. The highest BCUT2D eigenvalue weighted by molar-refractivity contribution is 5.60. The summed E-state index contributed by atoms with van der Waals surface area (Å²) in [7, 11) is 0. The first-order valence-electron chi connectivity index (χ1n) is 11.0. The Morgan fingerprint density at radius 2 is 1.79 bits per heavy atom. The van der Waals surface area contributed by atoms with Crippen LogP contribution in [0.5, 0.6) is 0 Å². The zero-order chi connectivity index (χ0) is 23.8. The van der Waals surface area contributed by atoms with Gasteiger partial charge in [-0.15, -0.1) is 0 Å². The van der Waals surface area contributed by atoms with Crippen LogP contribution in [0.15, 0.2) is 47.4 Å². The molecule has 1 aromatic carbocycles. The van der Waals surface area contributed by atoms with E-state index in [1.54, 1.807) is 19.2 Å². The van der Waals surface area contributed by atoms with E-state index in [0.29, 0.717) is 17.0 Å². The maximum atomic E-state index is 13.2. The molecule has 2 aromatic heterocycles. The summed E-state index contributed by atoms with van der Waals surface area (Å²) in [6.45, 7) is 5.31. The number of para-hydroxylation sites is 1. The molecule has 0 bridgehead atoms. The highest BCUT2D eigenvalue weighted by atomic mass is 19.4. The third-order valence-corrected chi connectivity index (χ3v) is 6.00. The number of nitrogens with one attached hydrogen (secondary N) is 1. The molecule has 2 N–H and O–H groups in total. The average molecular weight is 461 g/mol. The summed E-state index contributed by atoms with van der Waals surface area (Å²) >= 11 is 0. The quantitative estimate of drug-likeness (QED) is 0.575. The molecule has 33 heavy (non-hydrogen) atoms. The summed E-state index contributed by atoms with van der Waals surface area (Å²) < 4.78 is 41.0. The second kappa shape index (κ2) is 9.05. The molecule has 0 radical (unpaired) electrons. The summed E-state index contributed by atoms with van der Waals surface area (Å²) in [6, 6.07) is 8.74. The minimum Gasteiger partial charge on any atom is -0.379 e. The molecular formula is C24H27F3N4O2. The van der Waals surface area contributed by atoms with Crippen molar-refractivity contribution in [3.63, 3.8) is 0 Å². The van der Waals surface area contributed by atoms with Gasteiger partial charge in [-0.2, -0.15) is 13.2 Å². The molecule has 9 heteroatoms. The number of aryl methyl sites for hydroxylation is 1. The average Bonchev–Trinajstić information content (AvgIpc) is 2.79. The number of alkyl halides is 3. The van der Waals surface area contributed by atoms with Crippen LogP contribution >= 0.6 is 0 Å². The predicted molar refractivity (Wildman–Crippen MR) is 122 cm³/mol. The maximum Gasteiger partial charge on any atom is 0.418 e. The number of piperidine rings is 1. The third kappa shape index (κ3) is 4.83. The van der Waals surface area contributed by atoms with E-state index >= 15 is 0 Å². The van der Waals surface area contributed by atoms with Crippen molar-refractivity contribution in [2.75, 3.05) is 23.3 Å². The number of nitrogens with zero attached hydrogens (tertiary/aromatic N) is 3. The van der Waals surface area contributed by atoms with Crippen molar-refractivity contribution >= 4 is 17.2 Å². The molecule has 0 aliphatic carbocycles. The van der Waals surface area contributed by atoms with Crippen molar-refractivity contribution in [1.82, 2.24) is 9.38 Å². The predicted octanol–water partition coefficient (Wildman–Crippen LogP) is 4.76. The van der Waals surface area contributed by atoms with Crippen LogP contribution in [0.2, 0.25) is 0 Å². The standard InChI is InChI=1S/C24H27F3N4O2/c1-15-12-18(16(2)28-19-9-5-4-8-17(19)22(33)24(25,26)27)23-29-20(13-21(32)31(23)14-15)30-10-6-3-7-11-30/h4-5,8-9,12-14,16,22,28,33H,3,6-7,10-11H2,1-2H3. The second-order valence-electron chi connectivity index (χ2n) is 8.56. The largest absolute Gasteiger partial charge is 0.418 e. The number of halogens is 3. The molecule has 1 aliphatic heterocycles. The fraction of sp³-hybridized carbons (Fsp3) is 0.417. The van der Waals surface area contributed by atoms with Gasteiger partial charge in [-0.25, -0.2) is 4.98 Å². The lowest BCUT2D eigenvalue weighted by Gasteiger charge is -2.28. The molecule has 6 nitrogen and oxygen atoms in total. The maximum absolute atomic E-state index is 13.2. The molecule has 1 saturated heterocycles. The lowest BCUT2D eigenvalue weighted by atomic mass is 10.0. The number of aromatic nitrogens is 2. The van der Waals surface area contributed by atoms with Gasteiger partial charge in [0, 0.05) is 42.2 Å². The van der Waals surface area contributed by atoms with Crippen LogP contribution in [0, 0.1) is 6.92 Å². The summed E-state index contributed by atoms with van der Waals surface area (Å²) in [5.41, 5.74) is 1.68. The van der Waals surface area contributed by atoms with Crippen molar-refractivity contribution in [3.8, 4) is 0 Å². The van der Waals surface area contributed by atoms with Crippen LogP contribution in [0.4, 0.5) is 24.7 Å². The van der Waals surface area contributed by atoms with E-state index in [1.807, 2.05) is 13.0 Å². The number of hydrogen-bond acceptors (Lipinski definition) is 5. The van der Waals surface area contributed by atoms with E-state index in [-0.39, 0.29) is 16.8 Å². The highest BCUT2D eigenvalue weighted by Crippen LogP contribution is 2.37. The molecule has 0 saturated carbocycles. The lowest BCUT2D eigenvalue weighted by Crippen LogP contribution is -2.32. The molecule has 176 valence electrons. The van der Waals surface area contributed by atoms with Gasteiger partial charge < -0.3 is 15.3 Å². The van der Waals surface area contributed by atoms with Crippen LogP contribution in [0.3, 0.4) is 0 Å². The first-order chi connectivity index (χ1) is 15.6. The smallest absolute Gasteiger partial charge is 0.379 e. The van der Waals surface area contributed by atoms with Crippen molar-refractivity contribution in [2.45, 2.75) is 51.4 Å². The van der Waals surface area contributed by atoms with Gasteiger partial charge in [0.25, 0.3) is 5.56 Å². The Labute approximate surface area is 189 Å². The number of rotatable bonds is 5. The topological polar surface area (TPSA) is 69.9 Å². The minimum absolute atomic E-state index is 0.170. The van der Waals surface area contributed by atoms with Gasteiger partial charge in [-0.1, -0.05) is 18.2 Å². The van der Waals surface area contributed by atoms with Crippen LogP contribution < -0.4 is 15.8 Å². The highest BCUT2D eigenvalue weighted by Gasteiger charge is 2.40. The van der Waals surface area contributed by atoms with Crippen molar-refractivity contribution in [2.24, 2.45) is 0 Å². The number of aliphatic hydroxyl groups is 1. The summed E-state index contributed by atoms with van der Waals surface area (Å²) in [4.78, 5) is 19.8. The van der Waals surface area contributed by atoms with Crippen LogP contribution in [0.25, 0.3) is 5.65 Å². The molecule has 0 spiro atoms. The number of aliphatic hydroxyl groups excluding tert-OH is 1. The van der Waals surface area contributed by atoms with Crippen molar-refractivity contribution in [1.29, 1.82) is 0 Å². The van der Waals surface area contributed by atoms with E-state index in [0.717, 1.165) is 37.9 Å². The zero-order valence-electron chi connectivity index (χ0n) is 18.6. The van der Waals surface area contributed by atoms with Crippen molar-refractivity contribution in [3.05, 3.63) is 69.6 Å². The molecular weight excluding hydrogens is 433 g/mol. The van der Waals surface area contributed by atoms with Crippen LogP contribution in [-0.2, 0) is 0 Å². The number of fused-ring (bicyclic) bond motifs is 1. The van der Waals surface area contributed by atoms with Gasteiger partial charge in [0.15, 0.2) is 6.10 Å². The van der Waals surface area contributed by atoms with Crippen LogP contribution in [-0.4, -0.2) is 33.8 Å². The monoisotopic (exact) mass is 460 g/mol. The molecule has 4 rings (SSSR count). The Morgan fingerprint density at radius 1 is 1.09 bits per heavy atom. The summed E-state index contributed by atoms with van der Waals surface area (Å²) in [5.74, 6) is 0.616. The Morgan fingerprint density at radius 3 is 2.48 bits per heavy atom. The molecule has 3 aromatic rings. The molecule has 2 unspecified atom stereocenters. The molecule has 0 amide bonds. The summed E-state index contributed by atoms with van der Waals surface area (Å²) in [6.07, 6.45) is -2.44. The minimum atomic E-state index is -4.78. The second-order valence-corrected chi connectivity index (χ2v) is 8.56. The third-order valence-electron chi connectivity index (χ3n) is 6.00. The van der Waals surface area contributed by atoms with Crippen LogP contribution in [0.1, 0.15) is 55.0 Å². The van der Waals surface area contributed by atoms with Gasteiger partial charge in [-0.05, 0) is 50.8 Å². The Hall–Kier alpha value is -3.07. The van der Waals surface area contributed by atoms with Gasteiger partial charge in [-0.3, -0.25) is 9.20 Å². The lowest BCUT2D eigenvalue weighted by molar-refractivity contribution is -0.206. The fourth-order valence-corrected chi connectivity index (χ4v) is 4.32. The van der Waals surface area contributed by atoms with Gasteiger partial charge in [0.1, 0.15) is 11.5 Å². The van der Waals surface area contributed by atoms with E-state index in [9.17, 15) is 23.1 Å². The fourth-order valence-electron chi connectivity index (χ4n) is 4.32. The first kappa shape index (κ1) is 23.1.